The van der Waals surface area contributed by atoms with Crippen LogP contribution in [0.3, 0.4) is 0 Å². The Morgan fingerprint density at radius 1 is 0.967 bits per heavy atom. The van der Waals surface area contributed by atoms with Crippen LogP contribution in [0.15, 0.2) is 71.6 Å². The van der Waals surface area contributed by atoms with Crippen LogP contribution < -0.4 is 4.74 Å². The maximum atomic E-state index is 12.8. The largest absolute Gasteiger partial charge is 0.493 e. The SMILES string of the molecule is CC(C)COc1ccc(/C=C2\SC(=O)N(Cc3ccc4ccccc4c3)C2=O)cc1. The highest BCUT2D eigenvalue weighted by Gasteiger charge is 2.34. The topological polar surface area (TPSA) is 46.6 Å². The van der Waals surface area contributed by atoms with Gasteiger partial charge in [-0.25, -0.2) is 0 Å². The van der Waals surface area contributed by atoms with E-state index in [2.05, 4.69) is 13.8 Å². The number of carbonyl (C=O) groups is 2. The molecule has 0 bridgehead atoms. The predicted molar refractivity (Wildman–Crippen MR) is 122 cm³/mol. The molecule has 1 fully saturated rings. The van der Waals surface area contributed by atoms with Crippen molar-refractivity contribution < 1.29 is 14.3 Å². The first-order chi connectivity index (χ1) is 14.5. The monoisotopic (exact) mass is 417 g/mol. The van der Waals surface area contributed by atoms with Gasteiger partial charge in [-0.1, -0.05) is 62.4 Å². The minimum atomic E-state index is -0.252. The Morgan fingerprint density at radius 2 is 1.70 bits per heavy atom. The molecule has 4 nitrogen and oxygen atoms in total. The van der Waals surface area contributed by atoms with Gasteiger partial charge in [0.1, 0.15) is 5.75 Å². The number of rotatable bonds is 6. The fourth-order valence-electron chi connectivity index (χ4n) is 3.23. The Hall–Kier alpha value is -3.05. The van der Waals surface area contributed by atoms with Crippen molar-refractivity contribution in [2.75, 3.05) is 6.61 Å². The van der Waals surface area contributed by atoms with Gasteiger partial charge in [-0.2, -0.15) is 0 Å². The number of hydrogen-bond acceptors (Lipinski definition) is 4. The van der Waals surface area contributed by atoms with Crippen LogP contribution in [0.25, 0.3) is 16.8 Å². The van der Waals surface area contributed by atoms with Crippen molar-refractivity contribution in [2.45, 2.75) is 20.4 Å². The summed E-state index contributed by atoms with van der Waals surface area (Å²) in [5.74, 6) is 1.00. The van der Waals surface area contributed by atoms with Crippen LogP contribution in [0.5, 0.6) is 5.75 Å². The molecule has 1 saturated heterocycles. The van der Waals surface area contributed by atoms with Crippen LogP contribution in [0.2, 0.25) is 0 Å². The van der Waals surface area contributed by atoms with Crippen LogP contribution in [0.4, 0.5) is 4.79 Å². The summed E-state index contributed by atoms with van der Waals surface area (Å²) in [6.07, 6.45) is 1.76. The second-order valence-electron chi connectivity index (χ2n) is 7.72. The molecule has 152 valence electrons. The van der Waals surface area contributed by atoms with E-state index in [4.69, 9.17) is 4.74 Å². The van der Waals surface area contributed by atoms with Gasteiger partial charge < -0.3 is 4.74 Å². The van der Waals surface area contributed by atoms with Crippen LogP contribution in [-0.2, 0) is 11.3 Å². The van der Waals surface area contributed by atoms with E-state index in [-0.39, 0.29) is 17.7 Å². The molecule has 0 spiro atoms. The third kappa shape index (κ3) is 4.57. The van der Waals surface area contributed by atoms with E-state index in [0.717, 1.165) is 39.4 Å². The van der Waals surface area contributed by atoms with Gasteiger partial charge in [0.15, 0.2) is 0 Å². The van der Waals surface area contributed by atoms with Crippen LogP contribution in [-0.4, -0.2) is 22.7 Å². The van der Waals surface area contributed by atoms with Crippen molar-refractivity contribution in [2.24, 2.45) is 5.92 Å². The molecular formula is C25H23NO3S. The summed E-state index contributed by atoms with van der Waals surface area (Å²) in [4.78, 5) is 27.0. The summed E-state index contributed by atoms with van der Waals surface area (Å²) in [5, 5.41) is 1.99. The first kappa shape index (κ1) is 20.2. The van der Waals surface area contributed by atoms with E-state index in [1.54, 1.807) is 6.08 Å². The highest BCUT2D eigenvalue weighted by atomic mass is 32.2. The van der Waals surface area contributed by atoms with E-state index in [1.807, 2.05) is 66.7 Å². The molecule has 3 aromatic carbocycles. The fourth-order valence-corrected chi connectivity index (χ4v) is 4.07. The quantitative estimate of drug-likeness (QED) is 0.454. The summed E-state index contributed by atoms with van der Waals surface area (Å²) in [7, 11) is 0. The molecule has 2 amide bonds. The Bertz CT molecular complexity index is 1120. The molecule has 3 aromatic rings. The zero-order valence-electron chi connectivity index (χ0n) is 17.0. The van der Waals surface area contributed by atoms with Gasteiger partial charge in [0.25, 0.3) is 11.1 Å². The molecule has 0 atom stereocenters. The van der Waals surface area contributed by atoms with E-state index < -0.39 is 0 Å². The van der Waals surface area contributed by atoms with E-state index in [0.29, 0.717) is 17.4 Å². The summed E-state index contributed by atoms with van der Waals surface area (Å²) >= 11 is 0.985. The Morgan fingerprint density at radius 3 is 2.43 bits per heavy atom. The lowest BCUT2D eigenvalue weighted by Gasteiger charge is -2.13. The normalized spacial score (nSPS) is 15.6. The molecule has 4 rings (SSSR count). The van der Waals surface area contributed by atoms with Crippen LogP contribution in [0, 0.1) is 5.92 Å². The molecule has 0 aliphatic carbocycles. The second-order valence-corrected chi connectivity index (χ2v) is 8.72. The smallest absolute Gasteiger partial charge is 0.293 e. The van der Waals surface area contributed by atoms with Gasteiger partial charge in [0.05, 0.1) is 18.1 Å². The highest BCUT2D eigenvalue weighted by Crippen LogP contribution is 2.33. The fraction of sp³-hybridized carbons (Fsp3) is 0.200. The summed E-state index contributed by atoms with van der Waals surface area (Å²) in [5.41, 5.74) is 1.80. The zero-order valence-corrected chi connectivity index (χ0v) is 17.8. The number of ether oxygens (including phenoxy) is 1. The first-order valence-electron chi connectivity index (χ1n) is 9.95. The maximum Gasteiger partial charge on any atom is 0.293 e. The molecule has 1 aliphatic rings. The van der Waals surface area contributed by atoms with Gasteiger partial charge in [-0.15, -0.1) is 0 Å². The van der Waals surface area contributed by atoms with Gasteiger partial charge in [0, 0.05) is 0 Å². The van der Waals surface area contributed by atoms with Gasteiger partial charge in [0.2, 0.25) is 0 Å². The van der Waals surface area contributed by atoms with Crippen molar-refractivity contribution in [3.05, 3.63) is 82.8 Å². The third-order valence-corrected chi connectivity index (χ3v) is 5.70. The molecule has 0 N–H and O–H groups in total. The van der Waals surface area contributed by atoms with E-state index in [9.17, 15) is 9.59 Å². The van der Waals surface area contributed by atoms with Crippen LogP contribution >= 0.6 is 11.8 Å². The molecule has 30 heavy (non-hydrogen) atoms. The van der Waals surface area contributed by atoms with Gasteiger partial charge in [-0.3, -0.25) is 14.5 Å². The molecule has 0 saturated carbocycles. The second kappa shape index (κ2) is 8.76. The number of benzene rings is 3. The Kier molecular flexibility index (Phi) is 5.91. The number of amides is 2. The highest BCUT2D eigenvalue weighted by molar-refractivity contribution is 8.18. The minimum Gasteiger partial charge on any atom is -0.493 e. The minimum absolute atomic E-state index is 0.240. The maximum absolute atomic E-state index is 12.8. The molecule has 1 heterocycles. The summed E-state index contributed by atoms with van der Waals surface area (Å²) in [6.45, 7) is 5.13. The van der Waals surface area contributed by atoms with Crippen molar-refractivity contribution >= 4 is 39.8 Å². The van der Waals surface area contributed by atoms with Crippen LogP contribution in [0.1, 0.15) is 25.0 Å². The average molecular weight is 418 g/mol. The number of thioether (sulfide) groups is 1. The molecule has 1 aliphatic heterocycles. The lowest BCUT2D eigenvalue weighted by atomic mass is 10.1. The van der Waals surface area contributed by atoms with Crippen molar-refractivity contribution in [3.63, 3.8) is 0 Å². The third-order valence-electron chi connectivity index (χ3n) is 4.79. The van der Waals surface area contributed by atoms with Gasteiger partial charge in [-0.05, 0) is 63.9 Å². The molecule has 0 aromatic heterocycles. The first-order valence-corrected chi connectivity index (χ1v) is 10.8. The molecule has 0 unspecified atom stereocenters. The number of nitrogens with zero attached hydrogens (tertiary/aromatic N) is 1. The standard InChI is InChI=1S/C25H23NO3S/c1-17(2)16-29-22-11-8-18(9-12-22)14-23-24(27)26(25(28)30-23)15-19-7-10-20-5-3-4-6-21(20)13-19/h3-14,17H,15-16H2,1-2H3/b23-14-. The number of carbonyl (C=O) groups excluding carboxylic acids is 2. The summed E-state index contributed by atoms with van der Waals surface area (Å²) < 4.78 is 5.69. The van der Waals surface area contributed by atoms with Gasteiger partial charge >= 0.3 is 0 Å². The summed E-state index contributed by atoms with van der Waals surface area (Å²) in [6, 6.07) is 21.6. The molecular weight excluding hydrogens is 394 g/mol. The van der Waals surface area contributed by atoms with Crippen molar-refractivity contribution in [3.8, 4) is 5.75 Å². The Balaban J connectivity index is 1.47. The average Bonchev–Trinajstić information content (AvgIpc) is 3.00. The molecule has 0 radical (unpaired) electrons. The van der Waals surface area contributed by atoms with E-state index in [1.165, 1.54) is 4.90 Å². The predicted octanol–water partition coefficient (Wildman–Crippen LogP) is 6.11. The number of fused-ring (bicyclic) bond motifs is 1. The number of imide groups is 1. The lowest BCUT2D eigenvalue weighted by molar-refractivity contribution is -0.123. The van der Waals surface area contributed by atoms with Crippen molar-refractivity contribution in [1.82, 2.24) is 4.90 Å². The Labute approximate surface area is 180 Å². The number of hydrogen-bond donors (Lipinski definition) is 0. The molecule has 5 heteroatoms. The lowest BCUT2D eigenvalue weighted by Crippen LogP contribution is -2.27. The van der Waals surface area contributed by atoms with E-state index >= 15 is 0 Å². The zero-order chi connectivity index (χ0) is 21.1. The van der Waals surface area contributed by atoms with Crippen molar-refractivity contribution in [1.29, 1.82) is 0 Å².